The average molecular weight is 346 g/mol. The van der Waals surface area contributed by atoms with E-state index in [0.29, 0.717) is 0 Å². The average Bonchev–Trinajstić information content (AvgIpc) is 2.43. The fourth-order valence-corrected chi connectivity index (χ4v) is 2.90. The minimum absolute atomic E-state index is 0.113. The van der Waals surface area contributed by atoms with Crippen molar-refractivity contribution in [3.05, 3.63) is 30.1 Å². The first kappa shape index (κ1) is 19.0. The zero-order chi connectivity index (χ0) is 17.6. The van der Waals surface area contributed by atoms with Crippen molar-refractivity contribution in [2.45, 2.75) is 37.8 Å². The molecular formula is C14H19FN2O5S. The maximum absolute atomic E-state index is 13.5. The number of amides is 1. The van der Waals surface area contributed by atoms with Crippen LogP contribution >= 0.6 is 0 Å². The molecule has 1 aromatic carbocycles. The molecule has 0 aliphatic carbocycles. The number of halogens is 1. The van der Waals surface area contributed by atoms with Crippen LogP contribution in [-0.4, -0.2) is 39.0 Å². The number of hydrogen-bond donors (Lipinski definition) is 2. The molecule has 0 radical (unpaired) electrons. The third-order valence-corrected chi connectivity index (χ3v) is 4.18. The molecule has 0 heterocycles. The summed E-state index contributed by atoms with van der Waals surface area (Å²) in [6.45, 7) is 4.19. The molecule has 9 heteroatoms. The predicted molar refractivity (Wildman–Crippen MR) is 80.4 cm³/mol. The van der Waals surface area contributed by atoms with Crippen LogP contribution in [-0.2, 0) is 24.3 Å². The normalized spacial score (nSPS) is 12.7. The van der Waals surface area contributed by atoms with Crippen LogP contribution < -0.4 is 10.0 Å². The Morgan fingerprint density at radius 1 is 1.22 bits per heavy atom. The van der Waals surface area contributed by atoms with Gasteiger partial charge in [-0.15, -0.1) is 0 Å². The third-order valence-electron chi connectivity index (χ3n) is 2.61. The highest BCUT2D eigenvalue weighted by Gasteiger charge is 2.25. The van der Waals surface area contributed by atoms with Crippen LogP contribution in [0.15, 0.2) is 29.2 Å². The summed E-state index contributed by atoms with van der Waals surface area (Å²) in [6, 6.07) is 3.39. The number of benzene rings is 1. The van der Waals surface area contributed by atoms with Gasteiger partial charge in [-0.1, -0.05) is 12.1 Å². The molecule has 0 aromatic heterocycles. The van der Waals surface area contributed by atoms with Gasteiger partial charge in [0.2, 0.25) is 10.0 Å². The number of esters is 1. The van der Waals surface area contributed by atoms with E-state index in [0.717, 1.165) is 12.1 Å². The fraction of sp³-hybridized carbons (Fsp3) is 0.429. The largest absolute Gasteiger partial charge is 0.454 e. The van der Waals surface area contributed by atoms with Crippen molar-refractivity contribution >= 4 is 21.9 Å². The van der Waals surface area contributed by atoms with E-state index in [2.05, 4.69) is 5.32 Å². The lowest BCUT2D eigenvalue weighted by atomic mass is 10.3. The Morgan fingerprint density at radius 2 is 1.83 bits per heavy atom. The second kappa shape index (κ2) is 8.02. The van der Waals surface area contributed by atoms with Gasteiger partial charge in [0.1, 0.15) is 16.8 Å². The predicted octanol–water partition coefficient (Wildman–Crippen LogP) is 0.560. The second-order valence-electron chi connectivity index (χ2n) is 5.10. The number of ether oxygens (including phenoxy) is 1. The monoisotopic (exact) mass is 346 g/mol. The van der Waals surface area contributed by atoms with Crippen LogP contribution in [0.2, 0.25) is 0 Å². The van der Waals surface area contributed by atoms with Crippen LogP contribution in [0.3, 0.4) is 0 Å². The van der Waals surface area contributed by atoms with Gasteiger partial charge in [-0.3, -0.25) is 9.59 Å². The zero-order valence-corrected chi connectivity index (χ0v) is 13.8. The number of hydrogen-bond acceptors (Lipinski definition) is 5. The highest BCUT2D eigenvalue weighted by atomic mass is 32.2. The summed E-state index contributed by atoms with van der Waals surface area (Å²) in [5.41, 5.74) is 0. The minimum atomic E-state index is -4.22. The van der Waals surface area contributed by atoms with Crippen LogP contribution in [0.1, 0.15) is 20.8 Å². The van der Waals surface area contributed by atoms with E-state index in [4.69, 9.17) is 4.74 Å². The molecule has 0 spiro atoms. The highest BCUT2D eigenvalue weighted by Crippen LogP contribution is 2.13. The Labute approximate surface area is 134 Å². The molecule has 1 amide bonds. The Hall–Kier alpha value is -2.00. The van der Waals surface area contributed by atoms with E-state index >= 15 is 0 Å². The van der Waals surface area contributed by atoms with Crippen LogP contribution in [0.5, 0.6) is 0 Å². The molecule has 1 rings (SSSR count). The standard InChI is InChI=1S/C14H19FN2O5S/c1-9(2)16-13(18)8-22-14(19)10(3)17-23(20,21)12-7-5-4-6-11(12)15/h4-7,9-10,17H,8H2,1-3H3,(H,16,18)/t10-/m0/s1. The van der Waals surface area contributed by atoms with Gasteiger partial charge in [-0.05, 0) is 32.9 Å². The van der Waals surface area contributed by atoms with Gasteiger partial charge in [-0.25, -0.2) is 12.8 Å². The fourth-order valence-electron chi connectivity index (χ4n) is 1.63. The molecule has 0 fully saturated rings. The molecule has 23 heavy (non-hydrogen) atoms. The summed E-state index contributed by atoms with van der Waals surface area (Å²) in [5, 5.41) is 2.51. The Bertz CT molecular complexity index is 676. The molecular weight excluding hydrogens is 327 g/mol. The molecule has 0 aliphatic heterocycles. The molecule has 0 bridgehead atoms. The van der Waals surface area contributed by atoms with E-state index < -0.39 is 45.3 Å². The number of nitrogens with one attached hydrogen (secondary N) is 2. The maximum Gasteiger partial charge on any atom is 0.324 e. The molecule has 0 saturated carbocycles. The lowest BCUT2D eigenvalue weighted by Crippen LogP contribution is -2.41. The SMILES string of the molecule is CC(C)NC(=O)COC(=O)[C@H](C)NS(=O)(=O)c1ccccc1F. The van der Waals surface area contributed by atoms with Gasteiger partial charge in [0, 0.05) is 6.04 Å². The summed E-state index contributed by atoms with van der Waals surface area (Å²) in [6.07, 6.45) is 0. The summed E-state index contributed by atoms with van der Waals surface area (Å²) < 4.78 is 44.3. The Balaban J connectivity index is 2.64. The Kier molecular flexibility index (Phi) is 6.64. The lowest BCUT2D eigenvalue weighted by Gasteiger charge is -2.14. The Morgan fingerprint density at radius 3 is 2.39 bits per heavy atom. The van der Waals surface area contributed by atoms with Gasteiger partial charge in [0.25, 0.3) is 5.91 Å². The molecule has 128 valence electrons. The van der Waals surface area contributed by atoms with E-state index in [9.17, 15) is 22.4 Å². The van der Waals surface area contributed by atoms with E-state index in [1.807, 2.05) is 4.72 Å². The summed E-state index contributed by atoms with van der Waals surface area (Å²) >= 11 is 0. The quantitative estimate of drug-likeness (QED) is 0.703. The van der Waals surface area contributed by atoms with Crippen molar-refractivity contribution in [1.82, 2.24) is 10.0 Å². The third kappa shape index (κ3) is 5.95. The number of carbonyl (C=O) groups is 2. The lowest BCUT2D eigenvalue weighted by molar-refractivity contribution is -0.149. The van der Waals surface area contributed by atoms with Crippen molar-refractivity contribution in [3.63, 3.8) is 0 Å². The van der Waals surface area contributed by atoms with Crippen LogP contribution in [0.25, 0.3) is 0 Å². The van der Waals surface area contributed by atoms with Crippen molar-refractivity contribution in [2.75, 3.05) is 6.61 Å². The molecule has 2 N–H and O–H groups in total. The van der Waals surface area contributed by atoms with Gasteiger partial charge < -0.3 is 10.1 Å². The van der Waals surface area contributed by atoms with Gasteiger partial charge >= 0.3 is 5.97 Å². The zero-order valence-electron chi connectivity index (χ0n) is 13.0. The van der Waals surface area contributed by atoms with Crippen LogP contribution in [0, 0.1) is 5.82 Å². The van der Waals surface area contributed by atoms with E-state index in [1.54, 1.807) is 13.8 Å². The smallest absolute Gasteiger partial charge is 0.324 e. The molecule has 1 aromatic rings. The van der Waals surface area contributed by atoms with E-state index in [-0.39, 0.29) is 6.04 Å². The first-order valence-corrected chi connectivity index (χ1v) is 8.34. The van der Waals surface area contributed by atoms with Gasteiger partial charge in [-0.2, -0.15) is 4.72 Å². The molecule has 0 saturated heterocycles. The van der Waals surface area contributed by atoms with Crippen molar-refractivity contribution in [1.29, 1.82) is 0 Å². The first-order chi connectivity index (χ1) is 10.6. The number of carbonyl (C=O) groups excluding carboxylic acids is 2. The van der Waals surface area contributed by atoms with E-state index in [1.165, 1.54) is 19.1 Å². The molecule has 7 nitrogen and oxygen atoms in total. The minimum Gasteiger partial charge on any atom is -0.454 e. The van der Waals surface area contributed by atoms with Crippen molar-refractivity contribution in [3.8, 4) is 0 Å². The van der Waals surface area contributed by atoms with Gasteiger partial charge in [0.15, 0.2) is 6.61 Å². The molecule has 1 atom stereocenters. The maximum atomic E-state index is 13.5. The molecule has 0 unspecified atom stereocenters. The van der Waals surface area contributed by atoms with Crippen molar-refractivity contribution in [2.24, 2.45) is 0 Å². The first-order valence-electron chi connectivity index (χ1n) is 6.86. The summed E-state index contributed by atoms with van der Waals surface area (Å²) in [7, 11) is -4.22. The second-order valence-corrected chi connectivity index (χ2v) is 6.79. The number of rotatable bonds is 7. The highest BCUT2D eigenvalue weighted by molar-refractivity contribution is 7.89. The summed E-state index contributed by atoms with van der Waals surface area (Å²) in [4.78, 5) is 22.5. The summed E-state index contributed by atoms with van der Waals surface area (Å²) in [5.74, 6) is -2.38. The van der Waals surface area contributed by atoms with Crippen LogP contribution in [0.4, 0.5) is 4.39 Å². The van der Waals surface area contributed by atoms with Crippen molar-refractivity contribution < 1.29 is 27.1 Å². The number of sulfonamides is 1. The topological polar surface area (TPSA) is 102 Å². The van der Waals surface area contributed by atoms with Gasteiger partial charge in [0.05, 0.1) is 0 Å². The molecule has 0 aliphatic rings.